The van der Waals surface area contributed by atoms with Gasteiger partial charge in [-0.2, -0.15) is 0 Å². The molecule has 0 radical (unpaired) electrons. The topological polar surface area (TPSA) is 111 Å². The van der Waals surface area contributed by atoms with E-state index in [2.05, 4.69) is 36.7 Å². The lowest BCUT2D eigenvalue weighted by Gasteiger charge is -2.37. The van der Waals surface area contributed by atoms with E-state index in [9.17, 15) is 19.8 Å². The predicted octanol–water partition coefficient (Wildman–Crippen LogP) is 4.91. The number of fused-ring (bicyclic) bond motifs is 2. The van der Waals surface area contributed by atoms with E-state index in [0.717, 1.165) is 6.42 Å². The summed E-state index contributed by atoms with van der Waals surface area (Å²) in [6.45, 7) is 6.61. The fraction of sp³-hybridized carbons (Fsp3) is 0.548. The van der Waals surface area contributed by atoms with Crippen LogP contribution >= 0.6 is 23.2 Å². The first kappa shape index (κ1) is 30.2. The van der Waals surface area contributed by atoms with Gasteiger partial charge in [0, 0.05) is 29.2 Å². The van der Waals surface area contributed by atoms with Crippen molar-refractivity contribution in [1.82, 2.24) is 10.6 Å². The monoisotopic (exact) mass is 605 g/mol. The minimum absolute atomic E-state index is 0.0877. The molecule has 1 aliphatic carbocycles. The number of hydrogen-bond donors (Lipinski definition) is 5. The molecule has 2 aliphatic heterocycles. The van der Waals surface area contributed by atoms with Gasteiger partial charge in [-0.05, 0) is 78.8 Å². The van der Waals surface area contributed by atoms with Crippen LogP contribution in [-0.4, -0.2) is 52.9 Å². The van der Waals surface area contributed by atoms with E-state index in [0.29, 0.717) is 54.1 Å². The van der Waals surface area contributed by atoms with Gasteiger partial charge in [-0.25, -0.2) is 4.39 Å². The van der Waals surface area contributed by atoms with E-state index in [-0.39, 0.29) is 28.2 Å². The van der Waals surface area contributed by atoms with E-state index in [1.165, 1.54) is 12.1 Å². The Morgan fingerprint density at radius 1 is 1.15 bits per heavy atom. The molecule has 3 aliphatic rings. The number of rotatable bonds is 7. The molecule has 2 aromatic rings. The lowest BCUT2D eigenvalue weighted by atomic mass is 9.62. The van der Waals surface area contributed by atoms with Gasteiger partial charge >= 0.3 is 0 Å². The second-order valence-electron chi connectivity index (χ2n) is 13.0. The standard InChI is InChI=1S/C31H38Cl2FN3O4/c1-30(2,3)15-25-31(19-13-21(34)20(33)14-22(19)36-29(31)41)26(17-7-4-8-18(32)12-17)27(37-25)28(40)35-9-5-6-16-10-23(38)24(39)11-16/h4,7-8,12-14,16,23-27,37-39H,5-6,9-11,15H2,1-3H3,(H,35,40)(H,36,41)/t16?,23-,24+,25-,26+,27-,31+/m1/s1. The largest absolute Gasteiger partial charge is 0.390 e. The minimum atomic E-state index is -1.29. The van der Waals surface area contributed by atoms with Crippen molar-refractivity contribution in [2.24, 2.45) is 11.3 Å². The average molecular weight is 607 g/mol. The maximum atomic E-state index is 15.0. The zero-order chi connectivity index (χ0) is 29.7. The van der Waals surface area contributed by atoms with Crippen LogP contribution in [0.2, 0.25) is 10.0 Å². The van der Waals surface area contributed by atoms with Crippen molar-refractivity contribution in [3.05, 3.63) is 63.4 Å². The summed E-state index contributed by atoms with van der Waals surface area (Å²) in [4.78, 5) is 28.0. The van der Waals surface area contributed by atoms with E-state index >= 15 is 4.39 Å². The van der Waals surface area contributed by atoms with Crippen molar-refractivity contribution in [2.45, 2.75) is 88.5 Å². The van der Waals surface area contributed by atoms with Gasteiger partial charge in [-0.1, -0.05) is 56.1 Å². The first-order valence-corrected chi connectivity index (χ1v) is 15.0. The maximum Gasteiger partial charge on any atom is 0.237 e. The number of carbonyl (C=O) groups excluding carboxylic acids is 2. The van der Waals surface area contributed by atoms with Crippen LogP contribution in [0.5, 0.6) is 0 Å². The van der Waals surface area contributed by atoms with Crippen molar-refractivity contribution in [1.29, 1.82) is 0 Å². The Labute approximate surface area is 250 Å². The van der Waals surface area contributed by atoms with Crippen LogP contribution in [0.3, 0.4) is 0 Å². The van der Waals surface area contributed by atoms with Gasteiger partial charge in [0.2, 0.25) is 11.8 Å². The van der Waals surface area contributed by atoms with Crippen LogP contribution in [0.1, 0.15) is 69.9 Å². The van der Waals surface area contributed by atoms with Crippen LogP contribution < -0.4 is 16.0 Å². The van der Waals surface area contributed by atoms with E-state index < -0.39 is 41.4 Å². The van der Waals surface area contributed by atoms with Crippen LogP contribution in [0.25, 0.3) is 0 Å². The Bertz CT molecular complexity index is 1320. The first-order chi connectivity index (χ1) is 19.3. The number of anilines is 1. The molecule has 5 rings (SSSR count). The highest BCUT2D eigenvalue weighted by Gasteiger charge is 2.65. The van der Waals surface area contributed by atoms with Crippen LogP contribution in [0, 0.1) is 17.2 Å². The Hall–Kier alpha value is -2.23. The molecule has 0 bridgehead atoms. The van der Waals surface area contributed by atoms with Gasteiger partial charge in [-0.15, -0.1) is 0 Å². The third kappa shape index (κ3) is 5.74. The lowest BCUT2D eigenvalue weighted by molar-refractivity contribution is -0.123. The zero-order valence-electron chi connectivity index (χ0n) is 23.5. The molecule has 1 spiro atoms. The number of amides is 2. The van der Waals surface area contributed by atoms with Gasteiger partial charge in [0.25, 0.3) is 0 Å². The molecule has 2 fully saturated rings. The summed E-state index contributed by atoms with van der Waals surface area (Å²) in [6.07, 6.45) is 1.74. The highest BCUT2D eigenvalue weighted by atomic mass is 35.5. The molecule has 2 aromatic carbocycles. The van der Waals surface area contributed by atoms with Crippen molar-refractivity contribution < 1.29 is 24.2 Å². The van der Waals surface area contributed by atoms with Gasteiger partial charge in [-0.3, -0.25) is 9.59 Å². The molecule has 7 nitrogen and oxygen atoms in total. The number of aliphatic hydroxyl groups excluding tert-OH is 2. The molecule has 222 valence electrons. The Kier molecular flexibility index (Phi) is 8.45. The third-order valence-electron chi connectivity index (χ3n) is 8.87. The summed E-state index contributed by atoms with van der Waals surface area (Å²) in [7, 11) is 0. The van der Waals surface area contributed by atoms with Gasteiger partial charge in [0.1, 0.15) is 11.2 Å². The Morgan fingerprint density at radius 2 is 1.85 bits per heavy atom. The summed E-state index contributed by atoms with van der Waals surface area (Å²) >= 11 is 12.5. The molecule has 7 atom stereocenters. The van der Waals surface area contributed by atoms with E-state index in [4.69, 9.17) is 23.2 Å². The molecule has 1 saturated carbocycles. The summed E-state index contributed by atoms with van der Waals surface area (Å²) < 4.78 is 15.0. The summed E-state index contributed by atoms with van der Waals surface area (Å²) in [6, 6.07) is 8.62. The zero-order valence-corrected chi connectivity index (χ0v) is 25.0. The molecule has 2 amide bonds. The first-order valence-electron chi connectivity index (χ1n) is 14.3. The van der Waals surface area contributed by atoms with E-state index in [1.807, 2.05) is 6.07 Å². The average Bonchev–Trinajstić information content (AvgIpc) is 3.48. The van der Waals surface area contributed by atoms with Gasteiger partial charge in [0.05, 0.1) is 23.3 Å². The highest BCUT2D eigenvalue weighted by Crippen LogP contribution is 2.57. The molecule has 2 heterocycles. The molecule has 5 N–H and O–H groups in total. The normalized spacial score (nSPS) is 31.0. The lowest BCUT2D eigenvalue weighted by Crippen LogP contribution is -2.49. The number of hydrogen-bond acceptors (Lipinski definition) is 5. The van der Waals surface area contributed by atoms with Crippen molar-refractivity contribution in [2.75, 3.05) is 11.9 Å². The van der Waals surface area contributed by atoms with Gasteiger partial charge < -0.3 is 26.2 Å². The summed E-state index contributed by atoms with van der Waals surface area (Å²) in [5.74, 6) is -1.67. The quantitative estimate of drug-likeness (QED) is 0.288. The Balaban J connectivity index is 1.51. The fourth-order valence-electron chi connectivity index (χ4n) is 7.18. The smallest absolute Gasteiger partial charge is 0.237 e. The van der Waals surface area contributed by atoms with Crippen LogP contribution in [-0.2, 0) is 15.0 Å². The fourth-order valence-corrected chi connectivity index (χ4v) is 7.54. The second-order valence-corrected chi connectivity index (χ2v) is 13.9. The third-order valence-corrected chi connectivity index (χ3v) is 9.40. The number of aliphatic hydroxyl groups is 2. The molecule has 41 heavy (non-hydrogen) atoms. The number of carbonyl (C=O) groups is 2. The predicted molar refractivity (Wildman–Crippen MR) is 158 cm³/mol. The number of benzene rings is 2. The molecular formula is C31H38Cl2FN3O4. The van der Waals surface area contributed by atoms with Crippen LogP contribution in [0.4, 0.5) is 10.1 Å². The highest BCUT2D eigenvalue weighted by molar-refractivity contribution is 6.31. The van der Waals surface area contributed by atoms with Crippen LogP contribution in [0.15, 0.2) is 36.4 Å². The van der Waals surface area contributed by atoms with Gasteiger partial charge in [0.15, 0.2) is 0 Å². The molecule has 1 unspecified atom stereocenters. The number of nitrogens with one attached hydrogen (secondary N) is 3. The number of halogens is 3. The van der Waals surface area contributed by atoms with Crippen molar-refractivity contribution in [3.8, 4) is 0 Å². The van der Waals surface area contributed by atoms with E-state index in [1.54, 1.807) is 18.2 Å². The molecule has 0 aromatic heterocycles. The molecular weight excluding hydrogens is 568 g/mol. The summed E-state index contributed by atoms with van der Waals surface area (Å²) in [5.41, 5.74) is 0.102. The molecule has 10 heteroatoms. The summed E-state index contributed by atoms with van der Waals surface area (Å²) in [5, 5.41) is 29.6. The maximum absolute atomic E-state index is 15.0. The van der Waals surface area contributed by atoms with Crippen molar-refractivity contribution in [3.63, 3.8) is 0 Å². The SMILES string of the molecule is CC(C)(C)C[C@H]1N[C@@H](C(=O)NCCCC2C[C@@H](O)[C@@H](O)C2)[C@H](c2cccc(Cl)c2)[C@@]12C(=O)Nc1cc(Cl)c(F)cc12. The Morgan fingerprint density at radius 3 is 2.51 bits per heavy atom. The second kappa shape index (κ2) is 11.5. The van der Waals surface area contributed by atoms with Crippen molar-refractivity contribution >= 4 is 40.7 Å². The molecule has 1 saturated heterocycles. The minimum Gasteiger partial charge on any atom is -0.390 e.